The molecule has 3 rings (SSSR count). The summed E-state index contributed by atoms with van der Waals surface area (Å²) < 4.78 is 45.7. The predicted molar refractivity (Wildman–Crippen MR) is 132 cm³/mol. The van der Waals surface area contributed by atoms with E-state index in [9.17, 15) is 37.8 Å². The molecule has 0 heterocycles. The molecule has 0 bridgehead atoms. The second-order valence-corrected chi connectivity index (χ2v) is 8.63. The van der Waals surface area contributed by atoms with Crippen molar-refractivity contribution in [2.75, 3.05) is 12.4 Å². The fraction of sp³-hybridized carbons (Fsp3) is 0.320. The minimum Gasteiger partial charge on any atom is -0.497 e. The minimum absolute atomic E-state index is 0.00673. The second kappa shape index (κ2) is 12.5. The molecular formula is C25H27F3N4O7. The first-order chi connectivity index (χ1) is 18.3. The number of methoxy groups -OCH3 is 1. The van der Waals surface area contributed by atoms with Gasteiger partial charge in [0.15, 0.2) is 0 Å². The summed E-state index contributed by atoms with van der Waals surface area (Å²) >= 11 is 0. The van der Waals surface area contributed by atoms with Crippen LogP contribution >= 0.6 is 0 Å². The third-order valence-corrected chi connectivity index (χ3v) is 5.75. The highest BCUT2D eigenvalue weighted by molar-refractivity contribution is 5.97. The lowest BCUT2D eigenvalue weighted by Gasteiger charge is -2.31. The monoisotopic (exact) mass is 552 g/mol. The smallest absolute Gasteiger partial charge is 0.497 e. The van der Waals surface area contributed by atoms with Crippen molar-refractivity contribution in [2.45, 2.75) is 43.5 Å². The van der Waals surface area contributed by atoms with Gasteiger partial charge in [0.1, 0.15) is 23.6 Å². The minimum atomic E-state index is -4.87. The standard InChI is InChI=1S/C25H27F3N4O7/c1-38-16-6-2-13(3-7-16)10-19(22(29)35)31-23(36)14-11-18(21(34)20(33)12-14)32-24(37)30-15-4-8-17(9-5-15)39-25(26,27)28/h2-9,11,18-21,33-34H,10,12H2,1H3,(H2,29,35)(H,31,36)(H2,30,32,37). The molecular weight excluding hydrogens is 525 g/mol. The summed E-state index contributed by atoms with van der Waals surface area (Å²) in [5.41, 5.74) is 6.26. The Kier molecular flexibility index (Phi) is 9.37. The molecule has 0 saturated carbocycles. The van der Waals surface area contributed by atoms with Gasteiger partial charge in [0, 0.05) is 24.1 Å². The van der Waals surface area contributed by atoms with Gasteiger partial charge in [-0.3, -0.25) is 9.59 Å². The maximum atomic E-state index is 12.9. The lowest BCUT2D eigenvalue weighted by molar-refractivity contribution is -0.274. The van der Waals surface area contributed by atoms with E-state index in [4.69, 9.17) is 10.5 Å². The number of rotatable bonds is 9. The molecule has 4 unspecified atom stereocenters. The molecule has 0 spiro atoms. The summed E-state index contributed by atoms with van der Waals surface area (Å²) in [6.45, 7) is 0. The Bertz CT molecular complexity index is 1200. The van der Waals surface area contributed by atoms with E-state index >= 15 is 0 Å². The van der Waals surface area contributed by atoms with Crippen LogP contribution in [0.15, 0.2) is 60.2 Å². The van der Waals surface area contributed by atoms with Crippen LogP contribution in [-0.4, -0.2) is 65.8 Å². The first-order valence-corrected chi connectivity index (χ1v) is 11.6. The number of nitrogens with one attached hydrogen (secondary N) is 3. The molecule has 1 aliphatic rings. The van der Waals surface area contributed by atoms with E-state index in [1.54, 1.807) is 24.3 Å². The summed E-state index contributed by atoms with van der Waals surface area (Å²) in [6.07, 6.45) is -6.71. The molecule has 14 heteroatoms. The van der Waals surface area contributed by atoms with Crippen LogP contribution in [0.4, 0.5) is 23.7 Å². The molecule has 0 saturated heterocycles. The van der Waals surface area contributed by atoms with Gasteiger partial charge in [-0.05, 0) is 42.0 Å². The number of ether oxygens (including phenoxy) is 2. The third-order valence-electron chi connectivity index (χ3n) is 5.75. The summed E-state index contributed by atoms with van der Waals surface area (Å²) in [4.78, 5) is 37.3. The van der Waals surface area contributed by atoms with Crippen LogP contribution in [0.1, 0.15) is 12.0 Å². The number of hydrogen-bond acceptors (Lipinski definition) is 7. The summed E-state index contributed by atoms with van der Waals surface area (Å²) in [6, 6.07) is 7.91. The lowest BCUT2D eigenvalue weighted by atomic mass is 9.90. The number of alkyl halides is 3. The van der Waals surface area contributed by atoms with Crippen molar-refractivity contribution >= 4 is 23.5 Å². The maximum Gasteiger partial charge on any atom is 0.573 e. The van der Waals surface area contributed by atoms with Crippen LogP contribution in [0.3, 0.4) is 0 Å². The van der Waals surface area contributed by atoms with Crippen LogP contribution in [0.25, 0.3) is 0 Å². The molecule has 0 fully saturated rings. The lowest BCUT2D eigenvalue weighted by Crippen LogP contribution is -2.53. The third kappa shape index (κ3) is 8.61. The molecule has 2 aromatic rings. The van der Waals surface area contributed by atoms with Gasteiger partial charge in [0.05, 0.1) is 19.3 Å². The Morgan fingerprint density at radius 2 is 1.67 bits per heavy atom. The van der Waals surface area contributed by atoms with E-state index in [1.807, 2.05) is 0 Å². The van der Waals surface area contributed by atoms with Crippen LogP contribution < -0.4 is 31.2 Å². The number of halogens is 3. The Labute approximate surface area is 220 Å². The number of urea groups is 1. The molecule has 4 amide bonds. The summed E-state index contributed by atoms with van der Waals surface area (Å²) in [5, 5.41) is 27.8. The Morgan fingerprint density at radius 3 is 2.23 bits per heavy atom. The van der Waals surface area contributed by atoms with Crippen molar-refractivity contribution < 1.29 is 47.2 Å². The zero-order valence-electron chi connectivity index (χ0n) is 20.6. The van der Waals surface area contributed by atoms with Gasteiger partial charge in [0.25, 0.3) is 0 Å². The van der Waals surface area contributed by atoms with Crippen molar-refractivity contribution in [3.8, 4) is 11.5 Å². The Balaban J connectivity index is 1.64. The summed E-state index contributed by atoms with van der Waals surface area (Å²) in [5.74, 6) is -1.41. The normalized spacial score (nSPS) is 19.7. The molecule has 2 aromatic carbocycles. The number of hydrogen-bond donors (Lipinski definition) is 6. The average molecular weight is 553 g/mol. The SMILES string of the molecule is COc1ccc(CC(NC(=O)C2=CC(NC(=O)Nc3ccc(OC(F)(F)F)cc3)C(O)C(O)C2)C(N)=O)cc1. The number of benzene rings is 2. The molecule has 0 radical (unpaired) electrons. The van der Waals surface area contributed by atoms with E-state index in [2.05, 4.69) is 20.7 Å². The Hall–Kier alpha value is -4.30. The van der Waals surface area contributed by atoms with Crippen molar-refractivity contribution in [3.63, 3.8) is 0 Å². The van der Waals surface area contributed by atoms with Gasteiger partial charge in [-0.1, -0.05) is 18.2 Å². The number of anilines is 1. The molecule has 0 aromatic heterocycles. The molecule has 1 aliphatic carbocycles. The highest BCUT2D eigenvalue weighted by atomic mass is 19.4. The molecule has 0 aliphatic heterocycles. The average Bonchev–Trinajstić information content (AvgIpc) is 2.86. The van der Waals surface area contributed by atoms with Gasteiger partial charge >= 0.3 is 12.4 Å². The van der Waals surface area contributed by atoms with Crippen LogP contribution in [-0.2, 0) is 16.0 Å². The fourth-order valence-electron chi connectivity index (χ4n) is 3.79. The number of primary amides is 1. The first-order valence-electron chi connectivity index (χ1n) is 11.6. The van der Waals surface area contributed by atoms with E-state index < -0.39 is 54.2 Å². The topological polar surface area (TPSA) is 172 Å². The molecule has 7 N–H and O–H groups in total. The van der Waals surface area contributed by atoms with Gasteiger partial charge in [-0.25, -0.2) is 4.79 Å². The molecule has 4 atom stereocenters. The molecule has 39 heavy (non-hydrogen) atoms. The largest absolute Gasteiger partial charge is 0.573 e. The van der Waals surface area contributed by atoms with E-state index in [1.165, 1.54) is 13.2 Å². The number of aliphatic hydroxyl groups is 2. The van der Waals surface area contributed by atoms with Crippen LogP contribution in [0.2, 0.25) is 0 Å². The summed E-state index contributed by atoms with van der Waals surface area (Å²) in [7, 11) is 1.50. The van der Waals surface area contributed by atoms with Gasteiger partial charge in [0.2, 0.25) is 11.8 Å². The van der Waals surface area contributed by atoms with E-state index in [0.717, 1.165) is 24.3 Å². The van der Waals surface area contributed by atoms with Crippen molar-refractivity contribution in [1.29, 1.82) is 0 Å². The zero-order chi connectivity index (χ0) is 28.7. The number of nitrogens with two attached hydrogens (primary N) is 1. The molecule has 11 nitrogen and oxygen atoms in total. The van der Waals surface area contributed by atoms with Crippen LogP contribution in [0.5, 0.6) is 11.5 Å². The van der Waals surface area contributed by atoms with Crippen molar-refractivity contribution in [3.05, 3.63) is 65.7 Å². The van der Waals surface area contributed by atoms with Gasteiger partial charge in [-0.2, -0.15) is 0 Å². The highest BCUT2D eigenvalue weighted by Crippen LogP contribution is 2.24. The number of carbonyl (C=O) groups excluding carboxylic acids is 3. The van der Waals surface area contributed by atoms with Crippen molar-refractivity contribution in [2.24, 2.45) is 5.73 Å². The number of carbonyl (C=O) groups is 3. The van der Waals surface area contributed by atoms with Gasteiger partial charge in [-0.15, -0.1) is 13.2 Å². The van der Waals surface area contributed by atoms with Gasteiger partial charge < -0.3 is 41.4 Å². The second-order valence-electron chi connectivity index (χ2n) is 8.63. The van der Waals surface area contributed by atoms with E-state index in [-0.39, 0.29) is 24.1 Å². The maximum absolute atomic E-state index is 12.9. The first kappa shape index (κ1) is 29.3. The highest BCUT2D eigenvalue weighted by Gasteiger charge is 2.35. The number of amides is 4. The van der Waals surface area contributed by atoms with Crippen LogP contribution in [0, 0.1) is 0 Å². The quantitative estimate of drug-likeness (QED) is 0.272. The number of aliphatic hydroxyl groups excluding tert-OH is 2. The fourth-order valence-corrected chi connectivity index (χ4v) is 3.79. The molecule has 210 valence electrons. The van der Waals surface area contributed by atoms with Crippen molar-refractivity contribution in [1.82, 2.24) is 10.6 Å². The zero-order valence-corrected chi connectivity index (χ0v) is 20.6. The Morgan fingerprint density at radius 1 is 1.05 bits per heavy atom. The predicted octanol–water partition coefficient (Wildman–Crippen LogP) is 1.35. The van der Waals surface area contributed by atoms with E-state index in [0.29, 0.717) is 11.3 Å².